The average Bonchev–Trinajstić information content (AvgIpc) is 3.44. The summed E-state index contributed by atoms with van der Waals surface area (Å²) in [7, 11) is 0. The second-order valence-corrected chi connectivity index (χ2v) is 7.24. The molecule has 32 heavy (non-hydrogen) atoms. The van der Waals surface area contributed by atoms with E-state index in [2.05, 4.69) is 33.0 Å². The Bertz CT molecular complexity index is 1270. The Balaban J connectivity index is 1.32. The van der Waals surface area contributed by atoms with Crippen LogP contribution in [0.3, 0.4) is 0 Å². The van der Waals surface area contributed by atoms with Crippen molar-refractivity contribution in [3.63, 3.8) is 0 Å². The van der Waals surface area contributed by atoms with Gasteiger partial charge < -0.3 is 9.84 Å². The molecule has 0 fully saturated rings. The van der Waals surface area contributed by atoms with Gasteiger partial charge in [-0.3, -0.25) is 5.32 Å². The van der Waals surface area contributed by atoms with Gasteiger partial charge in [0, 0.05) is 11.6 Å². The number of anilines is 1. The molecule has 3 aromatic carbocycles. The summed E-state index contributed by atoms with van der Waals surface area (Å²) in [4.78, 5) is 24.1. The molecule has 0 spiro atoms. The number of aromatic carboxylic acids is 1. The Hall–Kier alpha value is -4.53. The summed E-state index contributed by atoms with van der Waals surface area (Å²) in [6.45, 7) is 0.161. The summed E-state index contributed by atoms with van der Waals surface area (Å²) >= 11 is 0. The first kappa shape index (κ1) is 19.4. The zero-order valence-electron chi connectivity index (χ0n) is 16.7. The van der Waals surface area contributed by atoms with Crippen LogP contribution in [0.1, 0.15) is 27.4 Å². The van der Waals surface area contributed by atoms with Crippen molar-refractivity contribution >= 4 is 17.7 Å². The smallest absolute Gasteiger partial charge is 0.411 e. The van der Waals surface area contributed by atoms with Crippen molar-refractivity contribution in [2.75, 3.05) is 11.9 Å². The van der Waals surface area contributed by atoms with Gasteiger partial charge in [0.1, 0.15) is 12.9 Å². The summed E-state index contributed by atoms with van der Waals surface area (Å²) in [5.74, 6) is -1.24. The summed E-state index contributed by atoms with van der Waals surface area (Å²) < 4.78 is 6.75. The van der Waals surface area contributed by atoms with Gasteiger partial charge in [0.2, 0.25) is 0 Å². The average molecular weight is 427 g/mol. The number of benzene rings is 3. The van der Waals surface area contributed by atoms with E-state index in [0.717, 1.165) is 22.3 Å². The Morgan fingerprint density at radius 2 is 1.69 bits per heavy atom. The Morgan fingerprint density at radius 3 is 2.31 bits per heavy atom. The normalized spacial score (nSPS) is 12.1. The quantitative estimate of drug-likeness (QED) is 0.498. The molecule has 0 saturated carbocycles. The molecule has 1 aromatic heterocycles. The lowest BCUT2D eigenvalue weighted by Crippen LogP contribution is -2.18. The minimum Gasteiger partial charge on any atom is -0.478 e. The van der Waals surface area contributed by atoms with Gasteiger partial charge in [-0.25, -0.2) is 9.59 Å². The standard InChI is InChI=1S/C23H17N5O4/c29-22(30)19-11-14(9-10-21(19)28-13-24-26-27-28)25-23(31)32-12-20-17-7-3-1-5-15(17)16-6-2-4-8-18(16)20/h1-11,13,20H,12H2,(H,25,31)(H,29,30). The van der Waals surface area contributed by atoms with Crippen molar-refractivity contribution in [2.45, 2.75) is 5.92 Å². The second-order valence-electron chi connectivity index (χ2n) is 7.24. The Kier molecular flexibility index (Phi) is 4.83. The molecule has 0 atom stereocenters. The van der Waals surface area contributed by atoms with Crippen LogP contribution in [0.25, 0.3) is 16.8 Å². The molecule has 0 radical (unpaired) electrons. The first-order valence-corrected chi connectivity index (χ1v) is 9.84. The van der Waals surface area contributed by atoms with Crippen molar-refractivity contribution in [3.8, 4) is 16.8 Å². The predicted octanol–water partition coefficient (Wildman–Crippen LogP) is 3.72. The third-order valence-electron chi connectivity index (χ3n) is 5.41. The molecule has 1 aliphatic carbocycles. The van der Waals surface area contributed by atoms with Crippen LogP contribution < -0.4 is 5.32 Å². The lowest BCUT2D eigenvalue weighted by Gasteiger charge is -2.15. The zero-order valence-corrected chi connectivity index (χ0v) is 16.7. The van der Waals surface area contributed by atoms with Crippen molar-refractivity contribution in [2.24, 2.45) is 0 Å². The lowest BCUT2D eigenvalue weighted by atomic mass is 9.98. The molecular weight excluding hydrogens is 410 g/mol. The SMILES string of the molecule is O=C(Nc1ccc(-n2cnnn2)c(C(=O)O)c1)OCC1c2ccccc2-c2ccccc21. The molecule has 0 aliphatic heterocycles. The number of hydrogen-bond acceptors (Lipinski definition) is 6. The topological polar surface area (TPSA) is 119 Å². The van der Waals surface area contributed by atoms with Gasteiger partial charge in [0.25, 0.3) is 0 Å². The fourth-order valence-corrected chi connectivity index (χ4v) is 4.01. The largest absolute Gasteiger partial charge is 0.478 e. The number of tetrazole rings is 1. The molecule has 4 aromatic rings. The van der Waals surface area contributed by atoms with E-state index in [0.29, 0.717) is 0 Å². The van der Waals surface area contributed by atoms with E-state index in [9.17, 15) is 14.7 Å². The van der Waals surface area contributed by atoms with E-state index in [1.807, 2.05) is 36.4 Å². The molecule has 9 heteroatoms. The first-order chi connectivity index (χ1) is 15.6. The zero-order chi connectivity index (χ0) is 22.1. The highest BCUT2D eigenvalue weighted by Gasteiger charge is 2.29. The number of nitrogens with one attached hydrogen (secondary N) is 1. The molecule has 158 valence electrons. The number of carbonyl (C=O) groups excluding carboxylic acids is 1. The number of carboxylic acids is 1. The van der Waals surface area contributed by atoms with Crippen molar-refractivity contribution in [1.29, 1.82) is 0 Å². The molecule has 0 saturated heterocycles. The Morgan fingerprint density at radius 1 is 1.00 bits per heavy atom. The van der Waals surface area contributed by atoms with Crippen LogP contribution in [0, 0.1) is 0 Å². The second kappa shape index (κ2) is 7.95. The number of carboxylic acid groups (broad SMARTS) is 1. The molecule has 1 amide bonds. The highest BCUT2D eigenvalue weighted by Crippen LogP contribution is 2.44. The van der Waals surface area contributed by atoms with Gasteiger partial charge in [0.05, 0.1) is 11.3 Å². The van der Waals surface area contributed by atoms with E-state index in [-0.39, 0.29) is 29.5 Å². The minimum absolute atomic E-state index is 0.0613. The maximum atomic E-state index is 12.5. The van der Waals surface area contributed by atoms with Gasteiger partial charge >= 0.3 is 12.1 Å². The number of amides is 1. The Labute approximate surface area is 182 Å². The highest BCUT2D eigenvalue weighted by atomic mass is 16.5. The third-order valence-corrected chi connectivity index (χ3v) is 5.41. The molecule has 0 unspecified atom stereocenters. The summed E-state index contributed by atoms with van der Waals surface area (Å²) in [5.41, 5.74) is 5.01. The highest BCUT2D eigenvalue weighted by molar-refractivity contribution is 5.95. The monoisotopic (exact) mass is 427 g/mol. The number of aromatic nitrogens is 4. The molecule has 0 bridgehead atoms. The van der Waals surface area contributed by atoms with Crippen LogP contribution in [-0.4, -0.2) is 44.0 Å². The summed E-state index contributed by atoms with van der Waals surface area (Å²) in [5, 5.41) is 22.9. The van der Waals surface area contributed by atoms with Gasteiger partial charge in [-0.2, -0.15) is 4.68 Å². The van der Waals surface area contributed by atoms with Gasteiger partial charge in [0.15, 0.2) is 0 Å². The van der Waals surface area contributed by atoms with E-state index in [1.54, 1.807) is 6.07 Å². The molecule has 9 nitrogen and oxygen atoms in total. The predicted molar refractivity (Wildman–Crippen MR) is 115 cm³/mol. The van der Waals surface area contributed by atoms with E-state index < -0.39 is 12.1 Å². The number of rotatable bonds is 5. The maximum Gasteiger partial charge on any atom is 0.411 e. The van der Waals surface area contributed by atoms with Gasteiger partial charge in [-0.15, -0.1) is 5.10 Å². The van der Waals surface area contributed by atoms with Crippen LogP contribution in [0.2, 0.25) is 0 Å². The third kappa shape index (κ3) is 3.45. The van der Waals surface area contributed by atoms with Crippen LogP contribution in [-0.2, 0) is 4.74 Å². The van der Waals surface area contributed by atoms with Crippen LogP contribution in [0.4, 0.5) is 10.5 Å². The lowest BCUT2D eigenvalue weighted by molar-refractivity contribution is 0.0696. The fourth-order valence-electron chi connectivity index (χ4n) is 4.01. The maximum absolute atomic E-state index is 12.5. The van der Waals surface area contributed by atoms with Crippen LogP contribution in [0.5, 0.6) is 0 Å². The van der Waals surface area contributed by atoms with Crippen molar-refractivity contribution in [3.05, 3.63) is 89.7 Å². The van der Waals surface area contributed by atoms with E-state index in [4.69, 9.17) is 4.74 Å². The molecule has 5 rings (SSSR count). The molecule has 2 N–H and O–H groups in total. The molecular formula is C23H17N5O4. The fraction of sp³-hybridized carbons (Fsp3) is 0.0870. The molecule has 1 heterocycles. The van der Waals surface area contributed by atoms with Gasteiger partial charge in [-0.05, 0) is 50.9 Å². The van der Waals surface area contributed by atoms with Gasteiger partial charge in [-0.1, -0.05) is 48.5 Å². The van der Waals surface area contributed by atoms with E-state index >= 15 is 0 Å². The minimum atomic E-state index is -1.17. The van der Waals surface area contributed by atoms with E-state index in [1.165, 1.54) is 23.1 Å². The number of hydrogen-bond donors (Lipinski definition) is 2. The van der Waals surface area contributed by atoms with Crippen LogP contribution in [0.15, 0.2) is 73.1 Å². The van der Waals surface area contributed by atoms with Crippen molar-refractivity contribution in [1.82, 2.24) is 20.2 Å². The molecule has 1 aliphatic rings. The summed E-state index contributed by atoms with van der Waals surface area (Å²) in [6, 6.07) is 20.5. The number of ether oxygens (including phenoxy) is 1. The number of carbonyl (C=O) groups is 2. The van der Waals surface area contributed by atoms with Crippen LogP contribution >= 0.6 is 0 Å². The first-order valence-electron chi connectivity index (χ1n) is 9.84. The number of fused-ring (bicyclic) bond motifs is 3. The number of nitrogens with zero attached hydrogens (tertiary/aromatic N) is 4. The summed E-state index contributed by atoms with van der Waals surface area (Å²) in [6.07, 6.45) is 0.624. The van der Waals surface area contributed by atoms with Crippen molar-refractivity contribution < 1.29 is 19.4 Å².